The number of benzene rings is 1. The van der Waals surface area contributed by atoms with E-state index in [4.69, 9.17) is 10.5 Å². The third-order valence-corrected chi connectivity index (χ3v) is 4.34. The maximum atomic E-state index is 6.28. The lowest BCUT2D eigenvalue weighted by Crippen LogP contribution is -2.38. The average Bonchev–Trinajstić information content (AvgIpc) is 2.64. The van der Waals surface area contributed by atoms with Crippen molar-refractivity contribution in [1.29, 1.82) is 0 Å². The first-order valence-corrected chi connectivity index (χ1v) is 7.73. The highest BCUT2D eigenvalue weighted by atomic mass is 16.5. The summed E-state index contributed by atoms with van der Waals surface area (Å²) >= 11 is 0. The number of hydrogen-bond donors (Lipinski definition) is 1. The van der Waals surface area contributed by atoms with Crippen LogP contribution in [0.2, 0.25) is 0 Å². The molecule has 19 heavy (non-hydrogen) atoms. The minimum Gasteiger partial charge on any atom is -0.489 e. The molecule has 2 rings (SSSR count). The third-order valence-electron chi connectivity index (χ3n) is 4.34. The Kier molecular flexibility index (Phi) is 5.26. The minimum atomic E-state index is 0.187. The summed E-state index contributed by atoms with van der Waals surface area (Å²) in [6, 6.07) is 8.63. The maximum Gasteiger partial charge on any atom is 0.123 e. The van der Waals surface area contributed by atoms with Crippen LogP contribution in [0.4, 0.5) is 0 Å². The van der Waals surface area contributed by atoms with Crippen molar-refractivity contribution in [3.05, 3.63) is 29.8 Å². The summed E-state index contributed by atoms with van der Waals surface area (Å²) in [6.07, 6.45) is 7.29. The average molecular weight is 261 g/mol. The molecule has 0 radical (unpaired) electrons. The van der Waals surface area contributed by atoms with E-state index < -0.39 is 0 Å². The summed E-state index contributed by atoms with van der Waals surface area (Å²) in [5.74, 6) is 1.58. The molecule has 0 spiro atoms. The van der Waals surface area contributed by atoms with Gasteiger partial charge in [-0.3, -0.25) is 0 Å². The topological polar surface area (TPSA) is 35.2 Å². The number of nitrogens with two attached hydrogens (primary N) is 1. The second-order valence-electron chi connectivity index (χ2n) is 5.81. The molecule has 1 aromatic rings. The highest BCUT2D eigenvalue weighted by Crippen LogP contribution is 2.31. The normalized spacial score (nSPS) is 25.6. The van der Waals surface area contributed by atoms with E-state index in [1.807, 2.05) is 0 Å². The van der Waals surface area contributed by atoms with Gasteiger partial charge in [0.1, 0.15) is 11.9 Å². The van der Waals surface area contributed by atoms with E-state index in [0.29, 0.717) is 5.92 Å². The molecule has 3 atom stereocenters. The van der Waals surface area contributed by atoms with Gasteiger partial charge in [0.15, 0.2) is 0 Å². The molecule has 106 valence electrons. The van der Waals surface area contributed by atoms with Crippen LogP contribution in [0.3, 0.4) is 0 Å². The quantitative estimate of drug-likeness (QED) is 0.823. The standard InChI is InChI=1S/C17H27NO/c1-3-13(2)14-9-7-8-11-16(14)19-17-12-6-4-5-10-15(17)18/h7-9,11,13,15,17H,3-6,10,12,18H2,1-2H3. The van der Waals surface area contributed by atoms with E-state index in [1.54, 1.807) is 0 Å². The lowest BCUT2D eigenvalue weighted by molar-refractivity contribution is 0.160. The Balaban J connectivity index is 2.13. The van der Waals surface area contributed by atoms with Crippen molar-refractivity contribution in [2.45, 2.75) is 70.4 Å². The molecular weight excluding hydrogens is 234 g/mol. The first kappa shape index (κ1) is 14.4. The molecule has 0 saturated heterocycles. The van der Waals surface area contributed by atoms with E-state index in [9.17, 15) is 0 Å². The Morgan fingerprint density at radius 1 is 1.21 bits per heavy atom. The molecule has 2 N–H and O–H groups in total. The fourth-order valence-electron chi connectivity index (χ4n) is 2.83. The Morgan fingerprint density at radius 2 is 1.95 bits per heavy atom. The van der Waals surface area contributed by atoms with Crippen LogP contribution in [-0.2, 0) is 0 Å². The van der Waals surface area contributed by atoms with E-state index in [2.05, 4.69) is 38.1 Å². The molecule has 2 nitrogen and oxygen atoms in total. The third kappa shape index (κ3) is 3.73. The molecule has 0 bridgehead atoms. The summed E-state index contributed by atoms with van der Waals surface area (Å²) in [7, 11) is 0. The second kappa shape index (κ2) is 6.95. The zero-order chi connectivity index (χ0) is 13.7. The van der Waals surface area contributed by atoms with Gasteiger partial charge in [0.25, 0.3) is 0 Å². The lowest BCUT2D eigenvalue weighted by atomic mass is 9.97. The SMILES string of the molecule is CCC(C)c1ccccc1OC1CCCCCC1N. The van der Waals surface area contributed by atoms with Gasteiger partial charge in [0, 0.05) is 6.04 Å². The van der Waals surface area contributed by atoms with Gasteiger partial charge in [0.2, 0.25) is 0 Å². The zero-order valence-electron chi connectivity index (χ0n) is 12.3. The molecule has 1 aliphatic rings. The van der Waals surface area contributed by atoms with E-state index >= 15 is 0 Å². The van der Waals surface area contributed by atoms with Gasteiger partial charge >= 0.3 is 0 Å². The number of para-hydroxylation sites is 1. The van der Waals surface area contributed by atoms with Crippen LogP contribution in [-0.4, -0.2) is 12.1 Å². The summed E-state index contributed by atoms with van der Waals surface area (Å²) in [5.41, 5.74) is 7.58. The fraction of sp³-hybridized carbons (Fsp3) is 0.647. The molecule has 1 fully saturated rings. The van der Waals surface area contributed by atoms with Crippen LogP contribution in [0.25, 0.3) is 0 Å². The molecule has 0 aliphatic heterocycles. The van der Waals surface area contributed by atoms with Crippen molar-refractivity contribution in [1.82, 2.24) is 0 Å². The predicted molar refractivity (Wildman–Crippen MR) is 80.6 cm³/mol. The van der Waals surface area contributed by atoms with Crippen molar-refractivity contribution < 1.29 is 4.74 Å². The Labute approximate surface area is 117 Å². The van der Waals surface area contributed by atoms with E-state index in [1.165, 1.54) is 24.8 Å². The van der Waals surface area contributed by atoms with Gasteiger partial charge < -0.3 is 10.5 Å². The van der Waals surface area contributed by atoms with Gasteiger partial charge in [-0.1, -0.05) is 44.9 Å². The summed E-state index contributed by atoms with van der Waals surface area (Å²) in [6.45, 7) is 4.48. The van der Waals surface area contributed by atoms with Crippen molar-refractivity contribution >= 4 is 0 Å². The first-order chi connectivity index (χ1) is 9.22. The highest BCUT2D eigenvalue weighted by Gasteiger charge is 2.23. The number of ether oxygens (including phenoxy) is 1. The molecule has 0 heterocycles. The first-order valence-electron chi connectivity index (χ1n) is 7.73. The van der Waals surface area contributed by atoms with Crippen LogP contribution in [0, 0.1) is 0 Å². The van der Waals surface area contributed by atoms with E-state index in [0.717, 1.165) is 25.0 Å². The van der Waals surface area contributed by atoms with Crippen LogP contribution in [0.5, 0.6) is 5.75 Å². The van der Waals surface area contributed by atoms with Crippen molar-refractivity contribution in [2.24, 2.45) is 5.73 Å². The summed E-state index contributed by atoms with van der Waals surface area (Å²) in [4.78, 5) is 0. The van der Waals surface area contributed by atoms with Crippen molar-refractivity contribution in [3.8, 4) is 5.75 Å². The zero-order valence-corrected chi connectivity index (χ0v) is 12.3. The molecule has 1 aromatic carbocycles. The maximum absolute atomic E-state index is 6.28. The fourth-order valence-corrected chi connectivity index (χ4v) is 2.83. The van der Waals surface area contributed by atoms with Crippen LogP contribution in [0.15, 0.2) is 24.3 Å². The summed E-state index contributed by atoms with van der Waals surface area (Å²) in [5, 5.41) is 0. The van der Waals surface area contributed by atoms with Crippen molar-refractivity contribution in [3.63, 3.8) is 0 Å². The smallest absolute Gasteiger partial charge is 0.123 e. The molecule has 3 unspecified atom stereocenters. The molecule has 1 saturated carbocycles. The second-order valence-corrected chi connectivity index (χ2v) is 5.81. The molecule has 1 aliphatic carbocycles. The van der Waals surface area contributed by atoms with Gasteiger partial charge in [-0.15, -0.1) is 0 Å². The highest BCUT2D eigenvalue weighted by molar-refractivity contribution is 5.36. The molecular formula is C17H27NO. The number of rotatable bonds is 4. The minimum absolute atomic E-state index is 0.187. The van der Waals surface area contributed by atoms with Crippen LogP contribution in [0.1, 0.15) is 63.9 Å². The predicted octanol–water partition coefficient (Wildman–Crippen LogP) is 4.24. The monoisotopic (exact) mass is 261 g/mol. The Morgan fingerprint density at radius 3 is 2.74 bits per heavy atom. The van der Waals surface area contributed by atoms with E-state index in [-0.39, 0.29) is 12.1 Å². The van der Waals surface area contributed by atoms with Crippen molar-refractivity contribution in [2.75, 3.05) is 0 Å². The van der Waals surface area contributed by atoms with Gasteiger partial charge in [-0.05, 0) is 43.2 Å². The van der Waals surface area contributed by atoms with Gasteiger partial charge in [-0.2, -0.15) is 0 Å². The number of hydrogen-bond acceptors (Lipinski definition) is 2. The van der Waals surface area contributed by atoms with Gasteiger partial charge in [0.05, 0.1) is 0 Å². The van der Waals surface area contributed by atoms with Gasteiger partial charge in [-0.25, -0.2) is 0 Å². The van der Waals surface area contributed by atoms with Crippen LogP contribution >= 0.6 is 0 Å². The largest absolute Gasteiger partial charge is 0.489 e. The molecule has 0 aromatic heterocycles. The summed E-state index contributed by atoms with van der Waals surface area (Å²) < 4.78 is 6.28. The molecule has 2 heteroatoms. The van der Waals surface area contributed by atoms with Crippen LogP contribution < -0.4 is 10.5 Å². The Bertz CT molecular complexity index is 391. The molecule has 0 amide bonds. The lowest BCUT2D eigenvalue weighted by Gasteiger charge is -2.25. The Hall–Kier alpha value is -1.02.